The number of benzene rings is 1. The molecule has 4 heteroatoms. The summed E-state index contributed by atoms with van der Waals surface area (Å²) in [7, 11) is 0. The average Bonchev–Trinajstić information content (AvgIpc) is 2.39. The summed E-state index contributed by atoms with van der Waals surface area (Å²) < 4.78 is 23.7. The van der Waals surface area contributed by atoms with Crippen molar-refractivity contribution in [2.24, 2.45) is 0 Å². The third kappa shape index (κ3) is 8.01. The lowest BCUT2D eigenvalue weighted by Gasteiger charge is -2.04. The quantitative estimate of drug-likeness (QED) is 0.508. The first-order valence-corrected chi connectivity index (χ1v) is 8.13. The van der Waals surface area contributed by atoms with E-state index in [0.717, 1.165) is 6.42 Å². The van der Waals surface area contributed by atoms with Crippen LogP contribution >= 0.6 is 0 Å². The van der Waals surface area contributed by atoms with E-state index >= 15 is 0 Å². The van der Waals surface area contributed by atoms with E-state index in [1.54, 1.807) is 12.1 Å². The Balaban J connectivity index is 2.14. The monoisotopic (exact) mass is 284 g/mol. The fraction of sp³-hybridized carbons (Fsp3) is 0.600. The number of hydrogen-bond acceptors (Lipinski definition) is 2. The second kappa shape index (κ2) is 9.98. The highest BCUT2D eigenvalue weighted by molar-refractivity contribution is 7.74. The predicted octanol–water partition coefficient (Wildman–Crippen LogP) is 4.50. The van der Waals surface area contributed by atoms with Crippen molar-refractivity contribution in [2.45, 2.75) is 58.3 Å². The highest BCUT2D eigenvalue weighted by atomic mass is 32.2. The van der Waals surface area contributed by atoms with Crippen LogP contribution in [0.4, 0.5) is 0 Å². The molecule has 1 rings (SSSR count). The minimum absolute atomic E-state index is 0.434. The van der Waals surface area contributed by atoms with Crippen molar-refractivity contribution in [3.8, 4) is 5.75 Å². The second-order valence-corrected chi connectivity index (χ2v) is 5.42. The molecule has 0 radical (unpaired) electrons. The van der Waals surface area contributed by atoms with Gasteiger partial charge in [-0.2, -0.15) is 4.21 Å². The third-order valence-electron chi connectivity index (χ3n) is 3.16. The molecule has 0 bridgehead atoms. The first-order valence-electron chi connectivity index (χ1n) is 7.10. The Hall–Kier alpha value is -0.870. The minimum atomic E-state index is -2.23. The van der Waals surface area contributed by atoms with E-state index in [9.17, 15) is 4.21 Å². The van der Waals surface area contributed by atoms with E-state index in [2.05, 4.69) is 11.1 Å². The molecule has 3 nitrogen and oxygen atoms in total. The molecular weight excluding hydrogens is 260 g/mol. The zero-order valence-electron chi connectivity index (χ0n) is 11.6. The maximum Gasteiger partial charge on any atom is 0.357 e. The van der Waals surface area contributed by atoms with E-state index in [-0.39, 0.29) is 0 Å². The molecule has 0 aliphatic heterocycles. The van der Waals surface area contributed by atoms with Crippen molar-refractivity contribution < 1.29 is 12.9 Å². The van der Waals surface area contributed by atoms with Gasteiger partial charge in [0.1, 0.15) is 5.75 Å². The van der Waals surface area contributed by atoms with E-state index in [4.69, 9.17) is 4.55 Å². The Morgan fingerprint density at radius 2 is 1.58 bits per heavy atom. The molecule has 0 aliphatic carbocycles. The number of unbranched alkanes of at least 4 members (excludes halogenated alkanes) is 6. The predicted molar refractivity (Wildman–Crippen MR) is 79.5 cm³/mol. The Bertz CT molecular complexity index is 362. The third-order valence-corrected chi connectivity index (χ3v) is 3.49. The molecule has 0 spiro atoms. The Kier molecular flexibility index (Phi) is 8.50. The topological polar surface area (TPSA) is 46.5 Å². The van der Waals surface area contributed by atoms with Gasteiger partial charge in [0.05, 0.1) is 0 Å². The van der Waals surface area contributed by atoms with Gasteiger partial charge in [0.25, 0.3) is 0 Å². The Labute approximate surface area is 118 Å². The van der Waals surface area contributed by atoms with Crippen LogP contribution in [0.1, 0.15) is 57.4 Å². The van der Waals surface area contributed by atoms with Crippen LogP contribution in [0.3, 0.4) is 0 Å². The molecule has 0 saturated heterocycles. The Morgan fingerprint density at radius 3 is 2.16 bits per heavy atom. The molecule has 0 saturated carbocycles. The SMILES string of the molecule is CCCCCCCCCc1ccc(OS(=O)O)cc1. The van der Waals surface area contributed by atoms with Crippen LogP contribution in [0.2, 0.25) is 0 Å². The van der Waals surface area contributed by atoms with Gasteiger partial charge in [0.15, 0.2) is 0 Å². The molecule has 0 aromatic heterocycles. The molecule has 0 aliphatic rings. The molecule has 19 heavy (non-hydrogen) atoms. The molecule has 1 aromatic rings. The van der Waals surface area contributed by atoms with Crippen molar-refractivity contribution in [2.75, 3.05) is 0 Å². The lowest BCUT2D eigenvalue weighted by molar-refractivity contribution is 0.458. The molecule has 0 amide bonds. The van der Waals surface area contributed by atoms with Gasteiger partial charge in [0, 0.05) is 0 Å². The van der Waals surface area contributed by atoms with Crippen molar-refractivity contribution in [1.82, 2.24) is 0 Å². The van der Waals surface area contributed by atoms with Gasteiger partial charge in [-0.25, -0.2) is 0 Å². The summed E-state index contributed by atoms with van der Waals surface area (Å²) in [4.78, 5) is 0. The fourth-order valence-corrected chi connectivity index (χ4v) is 2.36. The molecule has 108 valence electrons. The summed E-state index contributed by atoms with van der Waals surface area (Å²) in [5.74, 6) is 0.434. The van der Waals surface area contributed by atoms with Crippen molar-refractivity contribution >= 4 is 11.4 Å². The van der Waals surface area contributed by atoms with Crippen molar-refractivity contribution in [3.05, 3.63) is 29.8 Å². The normalized spacial score (nSPS) is 12.3. The van der Waals surface area contributed by atoms with E-state index < -0.39 is 11.4 Å². The van der Waals surface area contributed by atoms with Gasteiger partial charge in [-0.05, 0) is 30.5 Å². The summed E-state index contributed by atoms with van der Waals surface area (Å²) >= 11 is -2.23. The summed E-state index contributed by atoms with van der Waals surface area (Å²) in [5.41, 5.74) is 1.25. The number of hydrogen-bond donors (Lipinski definition) is 1. The summed E-state index contributed by atoms with van der Waals surface area (Å²) in [6.07, 6.45) is 10.2. The van der Waals surface area contributed by atoms with E-state index in [1.807, 2.05) is 12.1 Å². The highest BCUT2D eigenvalue weighted by Gasteiger charge is 1.99. The van der Waals surface area contributed by atoms with E-state index in [1.165, 1.54) is 50.5 Å². The van der Waals surface area contributed by atoms with Crippen molar-refractivity contribution in [1.29, 1.82) is 0 Å². The smallest absolute Gasteiger partial charge is 0.357 e. The van der Waals surface area contributed by atoms with Crippen LogP contribution in [0.25, 0.3) is 0 Å². The van der Waals surface area contributed by atoms with Gasteiger partial charge in [-0.1, -0.05) is 57.6 Å². The van der Waals surface area contributed by atoms with E-state index in [0.29, 0.717) is 5.75 Å². The van der Waals surface area contributed by atoms with Crippen LogP contribution in [0.15, 0.2) is 24.3 Å². The van der Waals surface area contributed by atoms with Crippen LogP contribution in [0, 0.1) is 0 Å². The maximum absolute atomic E-state index is 10.5. The summed E-state index contributed by atoms with van der Waals surface area (Å²) in [5, 5.41) is 0. The number of aryl methyl sites for hydroxylation is 1. The minimum Gasteiger partial charge on any atom is -0.380 e. The first kappa shape index (κ1) is 16.2. The van der Waals surface area contributed by atoms with Crippen LogP contribution in [0.5, 0.6) is 5.75 Å². The lowest BCUT2D eigenvalue weighted by atomic mass is 10.0. The first-order chi connectivity index (χ1) is 9.22. The van der Waals surface area contributed by atoms with Crippen LogP contribution in [-0.4, -0.2) is 8.76 Å². The summed E-state index contributed by atoms with van der Waals surface area (Å²) in [6.45, 7) is 2.24. The lowest BCUT2D eigenvalue weighted by Crippen LogP contribution is -1.97. The van der Waals surface area contributed by atoms with Crippen molar-refractivity contribution in [3.63, 3.8) is 0 Å². The highest BCUT2D eigenvalue weighted by Crippen LogP contribution is 2.15. The molecule has 0 heterocycles. The molecule has 1 atom stereocenters. The molecule has 1 N–H and O–H groups in total. The fourth-order valence-electron chi connectivity index (χ4n) is 2.08. The second-order valence-electron chi connectivity index (χ2n) is 4.82. The average molecular weight is 284 g/mol. The van der Waals surface area contributed by atoms with Gasteiger partial charge in [-0.3, -0.25) is 4.55 Å². The standard InChI is InChI=1S/C15H24O3S/c1-2-3-4-5-6-7-8-9-14-10-12-15(13-11-14)18-19(16)17/h10-13H,2-9H2,1H3,(H,16,17). The maximum atomic E-state index is 10.5. The van der Waals surface area contributed by atoms with Gasteiger partial charge in [0.2, 0.25) is 0 Å². The molecule has 1 unspecified atom stereocenters. The van der Waals surface area contributed by atoms with Gasteiger partial charge in [-0.15, -0.1) is 0 Å². The Morgan fingerprint density at radius 1 is 1.00 bits per heavy atom. The largest absolute Gasteiger partial charge is 0.380 e. The number of rotatable bonds is 10. The van der Waals surface area contributed by atoms with Crippen LogP contribution in [-0.2, 0) is 17.8 Å². The molecule has 1 aromatic carbocycles. The molecular formula is C15H24O3S. The van der Waals surface area contributed by atoms with Gasteiger partial charge >= 0.3 is 11.4 Å². The van der Waals surface area contributed by atoms with Crippen LogP contribution < -0.4 is 4.18 Å². The van der Waals surface area contributed by atoms with Gasteiger partial charge < -0.3 is 4.18 Å². The zero-order chi connectivity index (χ0) is 13.9. The summed E-state index contributed by atoms with van der Waals surface area (Å²) in [6, 6.07) is 7.40. The zero-order valence-corrected chi connectivity index (χ0v) is 12.5. The molecule has 0 fully saturated rings.